The zero-order valence-corrected chi connectivity index (χ0v) is 14.7. The van der Waals surface area contributed by atoms with Crippen LogP contribution in [0.1, 0.15) is 32.8 Å². The van der Waals surface area contributed by atoms with E-state index in [0.717, 1.165) is 35.9 Å². The van der Waals surface area contributed by atoms with Crippen molar-refractivity contribution in [2.24, 2.45) is 5.92 Å². The average Bonchev–Trinajstić information content (AvgIpc) is 2.57. The van der Waals surface area contributed by atoms with Crippen LogP contribution in [0.25, 0.3) is 0 Å². The maximum Gasteiger partial charge on any atom is 0.234 e. The molecule has 23 heavy (non-hydrogen) atoms. The van der Waals surface area contributed by atoms with Crippen LogP contribution in [0.5, 0.6) is 0 Å². The molecule has 0 aliphatic rings. The number of nitrogens with one attached hydrogen (secondary N) is 2. The number of hydrogen-bond donors (Lipinski definition) is 2. The van der Waals surface area contributed by atoms with E-state index in [4.69, 9.17) is 0 Å². The molecule has 0 saturated heterocycles. The van der Waals surface area contributed by atoms with Gasteiger partial charge >= 0.3 is 0 Å². The molecule has 1 rings (SSSR count). The second kappa shape index (κ2) is 10.0. The van der Waals surface area contributed by atoms with E-state index in [1.807, 2.05) is 45.0 Å². The van der Waals surface area contributed by atoms with Crippen LogP contribution in [0, 0.1) is 5.92 Å². The first-order valence-corrected chi connectivity index (χ1v) is 8.77. The van der Waals surface area contributed by atoms with Crippen LogP contribution >= 0.6 is 11.8 Å². The lowest BCUT2D eigenvalue weighted by Gasteiger charge is -2.10. The normalized spacial score (nSPS) is 11.6. The van der Waals surface area contributed by atoms with Gasteiger partial charge in [0.1, 0.15) is 0 Å². The Morgan fingerprint density at radius 3 is 2.52 bits per heavy atom. The number of para-hydroxylation sites is 1. The minimum atomic E-state index is -0.225. The summed E-state index contributed by atoms with van der Waals surface area (Å²) in [6, 6.07) is 7.58. The number of carbonyl (C=O) groups is 3. The van der Waals surface area contributed by atoms with Crippen molar-refractivity contribution in [3.63, 3.8) is 0 Å². The molecule has 1 aromatic rings. The molecule has 5 nitrogen and oxygen atoms in total. The molecule has 0 bridgehead atoms. The number of carbonyl (C=O) groups excluding carboxylic acids is 3. The van der Waals surface area contributed by atoms with Crippen molar-refractivity contribution in [1.82, 2.24) is 5.32 Å². The van der Waals surface area contributed by atoms with Crippen molar-refractivity contribution in [3.8, 4) is 0 Å². The van der Waals surface area contributed by atoms with E-state index in [-0.39, 0.29) is 35.1 Å². The van der Waals surface area contributed by atoms with Gasteiger partial charge in [0.05, 0.1) is 12.3 Å². The molecule has 0 aliphatic heterocycles. The molecule has 2 N–H and O–H groups in total. The molecule has 0 spiro atoms. The highest BCUT2D eigenvalue weighted by Crippen LogP contribution is 2.16. The fourth-order valence-electron chi connectivity index (χ4n) is 1.85. The minimum absolute atomic E-state index is 0.0378. The van der Waals surface area contributed by atoms with E-state index in [9.17, 15) is 14.4 Å². The van der Waals surface area contributed by atoms with Gasteiger partial charge in [0.2, 0.25) is 16.9 Å². The molecule has 0 aromatic heterocycles. The van der Waals surface area contributed by atoms with Gasteiger partial charge in [0.15, 0.2) is 0 Å². The van der Waals surface area contributed by atoms with Gasteiger partial charge in [-0.05, 0) is 24.5 Å². The standard InChI is InChI=1S/C17H24N2O3S/c1-4-12(3)17(22)18-10-16(21)23-11-15(20)19-14-9-7-6-8-13(14)5-2/h6-9,12H,4-5,10-11H2,1-3H3,(H,18,22)(H,19,20)/t12-/m1/s1. The van der Waals surface area contributed by atoms with Crippen molar-refractivity contribution >= 4 is 34.4 Å². The molecule has 0 aliphatic carbocycles. The number of benzene rings is 1. The number of amides is 2. The summed E-state index contributed by atoms with van der Waals surface area (Å²) in [6.07, 6.45) is 1.55. The summed E-state index contributed by atoms with van der Waals surface area (Å²) in [5.41, 5.74) is 1.83. The number of anilines is 1. The highest BCUT2D eigenvalue weighted by atomic mass is 32.2. The van der Waals surface area contributed by atoms with E-state index < -0.39 is 0 Å². The molecule has 6 heteroatoms. The smallest absolute Gasteiger partial charge is 0.234 e. The van der Waals surface area contributed by atoms with Crippen LogP contribution in [0.15, 0.2) is 24.3 Å². The Labute approximate surface area is 141 Å². The molecule has 1 atom stereocenters. The fourth-order valence-corrected chi connectivity index (χ4v) is 2.39. The zero-order valence-electron chi connectivity index (χ0n) is 13.8. The largest absolute Gasteiger partial charge is 0.348 e. The monoisotopic (exact) mass is 336 g/mol. The van der Waals surface area contributed by atoms with Crippen molar-refractivity contribution in [2.45, 2.75) is 33.6 Å². The molecule has 0 unspecified atom stereocenters. The molecular formula is C17H24N2O3S. The molecule has 1 aromatic carbocycles. The zero-order chi connectivity index (χ0) is 17.2. The third kappa shape index (κ3) is 6.86. The Bertz CT molecular complexity index is 561. The quantitative estimate of drug-likeness (QED) is 0.765. The average molecular weight is 336 g/mol. The fraction of sp³-hybridized carbons (Fsp3) is 0.471. The summed E-state index contributed by atoms with van der Waals surface area (Å²) in [6.45, 7) is 5.70. The van der Waals surface area contributed by atoms with Gasteiger partial charge in [0.25, 0.3) is 0 Å². The second-order valence-corrected chi connectivity index (χ2v) is 6.28. The molecule has 0 radical (unpaired) electrons. The summed E-state index contributed by atoms with van der Waals surface area (Å²) in [5.74, 6) is -0.433. The summed E-state index contributed by atoms with van der Waals surface area (Å²) in [7, 11) is 0. The van der Waals surface area contributed by atoms with Crippen molar-refractivity contribution in [1.29, 1.82) is 0 Å². The highest BCUT2D eigenvalue weighted by Gasteiger charge is 2.13. The van der Waals surface area contributed by atoms with E-state index in [1.54, 1.807) is 0 Å². The Hall–Kier alpha value is -1.82. The van der Waals surface area contributed by atoms with Gasteiger partial charge in [-0.2, -0.15) is 0 Å². The SMILES string of the molecule is CCc1ccccc1NC(=O)CSC(=O)CNC(=O)[C@H](C)CC. The Balaban J connectivity index is 2.35. The molecule has 126 valence electrons. The molecule has 0 saturated carbocycles. The lowest BCUT2D eigenvalue weighted by molar-refractivity contribution is -0.126. The summed E-state index contributed by atoms with van der Waals surface area (Å²) in [4.78, 5) is 35.2. The second-order valence-electron chi connectivity index (χ2n) is 5.25. The minimum Gasteiger partial charge on any atom is -0.348 e. The third-order valence-electron chi connectivity index (χ3n) is 3.50. The lowest BCUT2D eigenvalue weighted by atomic mass is 10.1. The van der Waals surface area contributed by atoms with Crippen molar-refractivity contribution in [2.75, 3.05) is 17.6 Å². The van der Waals surface area contributed by atoms with Crippen molar-refractivity contribution in [3.05, 3.63) is 29.8 Å². The number of thioether (sulfide) groups is 1. The van der Waals surface area contributed by atoms with Gasteiger partial charge < -0.3 is 10.6 Å². The van der Waals surface area contributed by atoms with Gasteiger partial charge in [-0.15, -0.1) is 0 Å². The summed E-state index contributed by atoms with van der Waals surface area (Å²) < 4.78 is 0. The van der Waals surface area contributed by atoms with Gasteiger partial charge in [-0.1, -0.05) is 50.7 Å². The topological polar surface area (TPSA) is 75.3 Å². The van der Waals surface area contributed by atoms with E-state index in [2.05, 4.69) is 10.6 Å². The predicted octanol–water partition coefficient (Wildman–Crippen LogP) is 2.61. The third-order valence-corrected chi connectivity index (χ3v) is 4.38. The highest BCUT2D eigenvalue weighted by molar-refractivity contribution is 8.14. The van der Waals surface area contributed by atoms with Crippen molar-refractivity contribution < 1.29 is 14.4 Å². The molecule has 2 amide bonds. The van der Waals surface area contributed by atoms with Crippen LogP contribution < -0.4 is 10.6 Å². The van der Waals surface area contributed by atoms with E-state index in [1.165, 1.54) is 0 Å². The Kier molecular flexibility index (Phi) is 8.40. The Morgan fingerprint density at radius 2 is 1.87 bits per heavy atom. The van der Waals surface area contributed by atoms with Crippen LogP contribution in [0.2, 0.25) is 0 Å². The first-order valence-electron chi connectivity index (χ1n) is 7.79. The summed E-state index contributed by atoms with van der Waals surface area (Å²) in [5, 5.41) is 5.17. The maximum absolute atomic E-state index is 11.9. The van der Waals surface area contributed by atoms with Gasteiger partial charge in [-0.3, -0.25) is 14.4 Å². The first-order chi connectivity index (χ1) is 11.0. The predicted molar refractivity (Wildman–Crippen MR) is 94.4 cm³/mol. The maximum atomic E-state index is 11.9. The van der Waals surface area contributed by atoms with E-state index >= 15 is 0 Å². The van der Waals surface area contributed by atoms with Crippen LogP contribution in [0.3, 0.4) is 0 Å². The summed E-state index contributed by atoms with van der Waals surface area (Å²) >= 11 is 0.913. The molecule has 0 heterocycles. The number of aryl methyl sites for hydroxylation is 1. The van der Waals surface area contributed by atoms with E-state index in [0.29, 0.717) is 0 Å². The van der Waals surface area contributed by atoms with Gasteiger partial charge in [-0.25, -0.2) is 0 Å². The van der Waals surface area contributed by atoms with Crippen LogP contribution in [0.4, 0.5) is 5.69 Å². The molecule has 0 fully saturated rings. The van der Waals surface area contributed by atoms with Crippen LogP contribution in [-0.4, -0.2) is 29.2 Å². The molecular weight excluding hydrogens is 312 g/mol. The Morgan fingerprint density at radius 1 is 1.17 bits per heavy atom. The van der Waals surface area contributed by atoms with Gasteiger partial charge in [0, 0.05) is 11.6 Å². The lowest BCUT2D eigenvalue weighted by Crippen LogP contribution is -2.32. The van der Waals surface area contributed by atoms with Crippen LogP contribution in [-0.2, 0) is 20.8 Å². The number of rotatable bonds is 8. The first kappa shape index (κ1) is 19.2. The number of hydrogen-bond acceptors (Lipinski definition) is 4.